The molecule has 2 aromatic carbocycles. The Morgan fingerprint density at radius 3 is 2.39 bits per heavy atom. The molecule has 0 amide bonds. The number of aromatic nitrogens is 2. The second kappa shape index (κ2) is 13.9. The molecule has 4 rings (SSSR count). The predicted molar refractivity (Wildman–Crippen MR) is 146 cm³/mol. The number of morpholine rings is 1. The van der Waals surface area contributed by atoms with E-state index >= 15 is 0 Å². The number of alkyl halides is 1. The molecule has 7 nitrogen and oxygen atoms in total. The summed E-state index contributed by atoms with van der Waals surface area (Å²) in [5.41, 5.74) is 3.87. The number of hydrogen-bond acceptors (Lipinski definition) is 6. The van der Waals surface area contributed by atoms with E-state index in [-0.39, 0.29) is 18.2 Å². The van der Waals surface area contributed by atoms with E-state index < -0.39 is 11.7 Å². The van der Waals surface area contributed by atoms with Crippen LogP contribution >= 0.6 is 0 Å². The van der Waals surface area contributed by atoms with Gasteiger partial charge in [0.2, 0.25) is 5.75 Å². The van der Waals surface area contributed by atoms with Gasteiger partial charge in [-0.15, -0.1) is 0 Å². The first kappa shape index (κ1) is 27.5. The van der Waals surface area contributed by atoms with E-state index in [2.05, 4.69) is 56.3 Å². The van der Waals surface area contributed by atoms with Crippen molar-refractivity contribution in [3.05, 3.63) is 93.2 Å². The van der Waals surface area contributed by atoms with E-state index in [9.17, 15) is 14.3 Å². The van der Waals surface area contributed by atoms with Crippen LogP contribution in [0, 0.1) is 11.8 Å². The van der Waals surface area contributed by atoms with E-state index in [0.29, 0.717) is 18.7 Å². The lowest BCUT2D eigenvalue weighted by Crippen LogP contribution is -2.37. The van der Waals surface area contributed by atoms with Crippen LogP contribution in [-0.2, 0) is 17.6 Å². The molecule has 0 aliphatic carbocycles. The summed E-state index contributed by atoms with van der Waals surface area (Å²) in [5, 5.41) is 13.2. The molecule has 3 N–H and O–H groups in total. The molecule has 0 radical (unpaired) electrons. The van der Waals surface area contributed by atoms with Crippen LogP contribution in [0.25, 0.3) is 0 Å². The lowest BCUT2D eigenvalue weighted by Gasteiger charge is -2.26. The van der Waals surface area contributed by atoms with Gasteiger partial charge in [0.25, 0.3) is 5.56 Å². The average Bonchev–Trinajstić information content (AvgIpc) is 2.94. The third-order valence-corrected chi connectivity index (χ3v) is 6.67. The molecule has 0 bridgehead atoms. The maximum Gasteiger partial charge on any atom is 0.293 e. The normalized spacial score (nSPS) is 15.4. The van der Waals surface area contributed by atoms with Gasteiger partial charge in [0.1, 0.15) is 6.17 Å². The first-order valence-electron chi connectivity index (χ1n) is 13.1. The minimum Gasteiger partial charge on any atom is -0.502 e. The Morgan fingerprint density at radius 2 is 1.74 bits per heavy atom. The number of ether oxygens (including phenoxy) is 1. The van der Waals surface area contributed by atoms with Crippen molar-refractivity contribution in [2.75, 3.05) is 45.9 Å². The molecule has 1 aliphatic heterocycles. The number of hydrogen-bond donors (Lipinski definition) is 3. The minimum atomic E-state index is -0.974. The molecule has 2 unspecified atom stereocenters. The van der Waals surface area contributed by atoms with Crippen LogP contribution in [0.15, 0.2) is 59.7 Å². The first-order valence-corrected chi connectivity index (χ1v) is 13.1. The van der Waals surface area contributed by atoms with Gasteiger partial charge in [-0.05, 0) is 48.7 Å². The largest absolute Gasteiger partial charge is 0.502 e. The lowest BCUT2D eigenvalue weighted by atomic mass is 9.93. The molecule has 1 aromatic heterocycles. The summed E-state index contributed by atoms with van der Waals surface area (Å²) < 4.78 is 18.7. The Bertz CT molecular complexity index is 1270. The molecule has 3 aromatic rings. The maximum absolute atomic E-state index is 13.3. The van der Waals surface area contributed by atoms with E-state index in [1.807, 2.05) is 24.3 Å². The van der Waals surface area contributed by atoms with Gasteiger partial charge in [-0.2, -0.15) is 0 Å². The second-order valence-corrected chi connectivity index (χ2v) is 9.64. The van der Waals surface area contributed by atoms with Crippen LogP contribution in [0.2, 0.25) is 0 Å². The van der Waals surface area contributed by atoms with Crippen LogP contribution < -0.4 is 10.9 Å². The first-order chi connectivity index (χ1) is 18.5. The summed E-state index contributed by atoms with van der Waals surface area (Å²) in [4.78, 5) is 20.7. The number of nitrogens with zero attached hydrogens (tertiary/aromatic N) is 2. The summed E-state index contributed by atoms with van der Waals surface area (Å²) in [6.45, 7) is 6.88. The summed E-state index contributed by atoms with van der Waals surface area (Å²) >= 11 is 0. The fourth-order valence-electron chi connectivity index (χ4n) is 4.43. The number of H-pyrrole nitrogens is 1. The van der Waals surface area contributed by atoms with Gasteiger partial charge in [-0.25, -0.2) is 9.37 Å². The highest BCUT2D eigenvalue weighted by Gasteiger charge is 2.17. The Kier molecular flexibility index (Phi) is 10.0. The smallest absolute Gasteiger partial charge is 0.293 e. The summed E-state index contributed by atoms with van der Waals surface area (Å²) in [7, 11) is 0. The zero-order chi connectivity index (χ0) is 26.7. The van der Waals surface area contributed by atoms with E-state index in [1.54, 1.807) is 0 Å². The second-order valence-electron chi connectivity index (χ2n) is 9.64. The van der Waals surface area contributed by atoms with Crippen molar-refractivity contribution in [2.45, 2.75) is 31.9 Å². The highest BCUT2D eigenvalue weighted by molar-refractivity contribution is 5.44. The zero-order valence-corrected chi connectivity index (χ0v) is 21.8. The van der Waals surface area contributed by atoms with Gasteiger partial charge in [-0.1, -0.05) is 36.1 Å². The summed E-state index contributed by atoms with van der Waals surface area (Å²) in [6.07, 6.45) is 1.66. The highest BCUT2D eigenvalue weighted by atomic mass is 19.1. The Balaban J connectivity index is 1.39. The van der Waals surface area contributed by atoms with Crippen molar-refractivity contribution >= 4 is 0 Å². The third kappa shape index (κ3) is 8.25. The number of benzene rings is 2. The molecule has 1 aliphatic rings. The number of halogens is 1. The van der Waals surface area contributed by atoms with Crippen molar-refractivity contribution in [1.29, 1.82) is 0 Å². The summed E-state index contributed by atoms with van der Waals surface area (Å²) in [5.74, 6) is 5.96. The standard InChI is InChI=1S/C30H35FN4O3/c1-22(31)19-32-20-27(18-28-29(36)30(37)34-21-33-28)26-10-8-24(9-11-26)3-2-23-4-6-25(7-5-23)12-13-35-14-16-38-17-15-35/h4-11,21-22,27,32,36H,12-20H2,1H3,(H,33,34,37). The molecule has 2 atom stereocenters. The molecule has 38 heavy (non-hydrogen) atoms. The van der Waals surface area contributed by atoms with Crippen LogP contribution in [0.4, 0.5) is 4.39 Å². The average molecular weight is 519 g/mol. The third-order valence-electron chi connectivity index (χ3n) is 6.67. The molecule has 2 heterocycles. The van der Waals surface area contributed by atoms with Crippen LogP contribution in [0.1, 0.15) is 40.8 Å². The van der Waals surface area contributed by atoms with E-state index in [0.717, 1.165) is 56.0 Å². The van der Waals surface area contributed by atoms with Crippen molar-refractivity contribution < 1.29 is 14.2 Å². The molecule has 0 saturated carbocycles. The number of aromatic hydroxyl groups is 1. The SMILES string of the molecule is CC(F)CNCC(Cc1nc[nH]c(=O)c1O)c1ccc(C#Cc2ccc(CCN3CCOCC3)cc2)cc1. The quantitative estimate of drug-likeness (QED) is 0.358. The zero-order valence-electron chi connectivity index (χ0n) is 21.8. The predicted octanol–water partition coefficient (Wildman–Crippen LogP) is 3.02. The molecule has 1 saturated heterocycles. The van der Waals surface area contributed by atoms with Gasteiger partial charge in [0, 0.05) is 56.2 Å². The number of aromatic amines is 1. The number of rotatable bonds is 10. The van der Waals surface area contributed by atoms with Crippen LogP contribution in [0.5, 0.6) is 5.75 Å². The Labute approximate surface area is 223 Å². The van der Waals surface area contributed by atoms with Crippen molar-refractivity contribution in [1.82, 2.24) is 20.2 Å². The molecule has 1 fully saturated rings. The van der Waals surface area contributed by atoms with Gasteiger partial charge in [-0.3, -0.25) is 9.69 Å². The fourth-order valence-corrected chi connectivity index (χ4v) is 4.43. The van der Waals surface area contributed by atoms with E-state index in [1.165, 1.54) is 18.8 Å². The highest BCUT2D eigenvalue weighted by Crippen LogP contribution is 2.23. The van der Waals surface area contributed by atoms with Gasteiger partial charge in [0.05, 0.1) is 25.2 Å². The lowest BCUT2D eigenvalue weighted by molar-refractivity contribution is 0.0384. The Morgan fingerprint density at radius 1 is 1.08 bits per heavy atom. The number of nitrogens with one attached hydrogen (secondary N) is 2. The molecule has 0 spiro atoms. The van der Waals surface area contributed by atoms with Crippen LogP contribution in [-0.4, -0.2) is 72.1 Å². The van der Waals surface area contributed by atoms with Gasteiger partial charge >= 0.3 is 0 Å². The molecular formula is C30H35FN4O3. The minimum absolute atomic E-state index is 0.110. The molecular weight excluding hydrogens is 483 g/mol. The monoisotopic (exact) mass is 518 g/mol. The summed E-state index contributed by atoms with van der Waals surface area (Å²) in [6, 6.07) is 16.3. The van der Waals surface area contributed by atoms with Crippen LogP contribution in [0.3, 0.4) is 0 Å². The van der Waals surface area contributed by atoms with E-state index in [4.69, 9.17) is 4.74 Å². The van der Waals surface area contributed by atoms with Gasteiger partial charge in [0.15, 0.2) is 0 Å². The molecule has 200 valence electrons. The van der Waals surface area contributed by atoms with Crippen molar-refractivity contribution in [2.24, 2.45) is 0 Å². The Hall–Kier alpha value is -3.51. The fraction of sp³-hybridized carbons (Fsp3) is 0.400. The van der Waals surface area contributed by atoms with Crippen molar-refractivity contribution in [3.8, 4) is 17.6 Å². The van der Waals surface area contributed by atoms with Gasteiger partial charge < -0.3 is 20.1 Å². The van der Waals surface area contributed by atoms with Crippen molar-refractivity contribution in [3.63, 3.8) is 0 Å². The maximum atomic E-state index is 13.3. The molecule has 8 heteroatoms. The topological polar surface area (TPSA) is 90.5 Å².